The summed E-state index contributed by atoms with van der Waals surface area (Å²) >= 11 is 0. The quantitative estimate of drug-likeness (QED) is 0.208. The lowest BCUT2D eigenvalue weighted by molar-refractivity contribution is -0.142. The van der Waals surface area contributed by atoms with Gasteiger partial charge in [0.2, 0.25) is 0 Å². The van der Waals surface area contributed by atoms with Gasteiger partial charge in [0.1, 0.15) is 0 Å². The van der Waals surface area contributed by atoms with Crippen molar-refractivity contribution in [2.24, 2.45) is 0 Å². The number of carbonyl (C=O) groups is 3. The second-order valence-electron chi connectivity index (χ2n) is 9.11. The minimum absolute atomic E-state index is 0.0358. The first-order chi connectivity index (χ1) is 20.0. The molecule has 0 radical (unpaired) electrons. The van der Waals surface area contributed by atoms with Crippen LogP contribution in [0.5, 0.6) is 0 Å². The number of ether oxygens (including phenoxy) is 1. The minimum atomic E-state index is -0.411. The van der Waals surface area contributed by atoms with E-state index >= 15 is 0 Å². The van der Waals surface area contributed by atoms with Gasteiger partial charge in [-0.1, -0.05) is 60.7 Å². The third-order valence-corrected chi connectivity index (χ3v) is 6.28. The lowest BCUT2D eigenvalue weighted by Gasteiger charge is -2.23. The largest absolute Gasteiger partial charge is 0.466 e. The summed E-state index contributed by atoms with van der Waals surface area (Å²) in [7, 11) is 0. The predicted octanol–water partition coefficient (Wildman–Crippen LogP) is 5.70. The van der Waals surface area contributed by atoms with Crippen LogP contribution in [0.4, 0.5) is 11.4 Å². The SMILES string of the molecule is CCOC(=O)CCNC(=O)c1cc(NC(=O)c2ccc(C#N)cc2)ccc1NC(c1ccccc1)c1ccccc1. The van der Waals surface area contributed by atoms with Crippen molar-refractivity contribution in [3.05, 3.63) is 131 Å². The van der Waals surface area contributed by atoms with Gasteiger partial charge in [-0.15, -0.1) is 0 Å². The highest BCUT2D eigenvalue weighted by molar-refractivity contribution is 6.06. The topological polar surface area (TPSA) is 120 Å². The van der Waals surface area contributed by atoms with Gasteiger partial charge in [-0.25, -0.2) is 0 Å². The fraction of sp³-hybridized carbons (Fsp3) is 0.152. The monoisotopic (exact) mass is 546 g/mol. The molecule has 0 aliphatic carbocycles. The Labute approximate surface area is 239 Å². The molecule has 4 aromatic rings. The molecule has 0 atom stereocenters. The summed E-state index contributed by atoms with van der Waals surface area (Å²) < 4.78 is 4.96. The van der Waals surface area contributed by atoms with Crippen LogP contribution in [0.2, 0.25) is 0 Å². The standard InChI is InChI=1S/C33H30N4O4/c1-2-41-30(38)19-20-35-33(40)28-21-27(36-32(39)26-15-13-23(22-34)14-16-26)17-18-29(28)37-31(24-9-5-3-6-10-24)25-11-7-4-8-12-25/h3-18,21,31,37H,2,19-20H2,1H3,(H,35,40)(H,36,39). The van der Waals surface area contributed by atoms with Gasteiger partial charge in [0.05, 0.1) is 36.3 Å². The summed E-state index contributed by atoms with van der Waals surface area (Å²) in [6.07, 6.45) is 0.0358. The minimum Gasteiger partial charge on any atom is -0.466 e. The van der Waals surface area contributed by atoms with E-state index < -0.39 is 11.9 Å². The third kappa shape index (κ3) is 7.80. The van der Waals surface area contributed by atoms with Crippen molar-refractivity contribution in [2.75, 3.05) is 23.8 Å². The number of nitrogens with zero attached hydrogens (tertiary/aromatic N) is 1. The van der Waals surface area contributed by atoms with Gasteiger partial charge in [-0.05, 0) is 60.5 Å². The van der Waals surface area contributed by atoms with Crippen LogP contribution in [-0.2, 0) is 9.53 Å². The molecule has 0 heterocycles. The average molecular weight is 547 g/mol. The summed E-state index contributed by atoms with van der Waals surface area (Å²) in [6, 6.07) is 32.8. The summed E-state index contributed by atoms with van der Waals surface area (Å²) in [6.45, 7) is 2.09. The fourth-order valence-corrected chi connectivity index (χ4v) is 4.25. The Bertz CT molecular complexity index is 1490. The Morgan fingerprint density at radius 2 is 1.46 bits per heavy atom. The highest BCUT2D eigenvalue weighted by Gasteiger charge is 2.20. The van der Waals surface area contributed by atoms with Crippen LogP contribution < -0.4 is 16.0 Å². The lowest BCUT2D eigenvalue weighted by atomic mass is 9.97. The Hall–Kier alpha value is -5.42. The van der Waals surface area contributed by atoms with Crippen molar-refractivity contribution in [2.45, 2.75) is 19.4 Å². The van der Waals surface area contributed by atoms with E-state index in [4.69, 9.17) is 10.00 Å². The Balaban J connectivity index is 1.63. The number of hydrogen-bond donors (Lipinski definition) is 3. The number of anilines is 2. The first kappa shape index (κ1) is 28.6. The van der Waals surface area contributed by atoms with E-state index in [-0.39, 0.29) is 31.5 Å². The first-order valence-electron chi connectivity index (χ1n) is 13.2. The van der Waals surface area contributed by atoms with E-state index in [9.17, 15) is 14.4 Å². The molecular weight excluding hydrogens is 516 g/mol. The van der Waals surface area contributed by atoms with Crippen LogP contribution in [0, 0.1) is 11.3 Å². The Kier molecular flexibility index (Phi) is 9.83. The van der Waals surface area contributed by atoms with E-state index in [0.29, 0.717) is 28.1 Å². The van der Waals surface area contributed by atoms with Gasteiger partial charge in [0.25, 0.3) is 11.8 Å². The molecule has 8 heteroatoms. The van der Waals surface area contributed by atoms with Gasteiger partial charge in [-0.2, -0.15) is 5.26 Å². The molecular formula is C33H30N4O4. The highest BCUT2D eigenvalue weighted by atomic mass is 16.5. The van der Waals surface area contributed by atoms with Crippen LogP contribution >= 0.6 is 0 Å². The molecule has 0 fully saturated rings. The molecule has 0 aliphatic rings. The summed E-state index contributed by atoms with van der Waals surface area (Å²) in [4.78, 5) is 38.1. The molecule has 8 nitrogen and oxygen atoms in total. The predicted molar refractivity (Wildman–Crippen MR) is 157 cm³/mol. The van der Waals surface area contributed by atoms with Crippen molar-refractivity contribution in [3.8, 4) is 6.07 Å². The van der Waals surface area contributed by atoms with E-state index in [1.165, 1.54) is 0 Å². The van der Waals surface area contributed by atoms with E-state index in [2.05, 4.69) is 16.0 Å². The molecule has 0 bridgehead atoms. The van der Waals surface area contributed by atoms with Crippen LogP contribution in [-0.4, -0.2) is 30.9 Å². The molecule has 0 unspecified atom stereocenters. The van der Waals surface area contributed by atoms with Crippen molar-refractivity contribution >= 4 is 29.2 Å². The normalized spacial score (nSPS) is 10.4. The molecule has 206 valence electrons. The maximum atomic E-state index is 13.4. The number of rotatable bonds is 11. The first-order valence-corrected chi connectivity index (χ1v) is 13.2. The maximum Gasteiger partial charge on any atom is 0.307 e. The zero-order chi connectivity index (χ0) is 29.0. The van der Waals surface area contributed by atoms with Crippen molar-refractivity contribution in [1.82, 2.24) is 5.32 Å². The number of hydrogen-bond acceptors (Lipinski definition) is 6. The van der Waals surface area contributed by atoms with Gasteiger partial charge < -0.3 is 20.7 Å². The van der Waals surface area contributed by atoms with Crippen LogP contribution in [0.15, 0.2) is 103 Å². The maximum absolute atomic E-state index is 13.4. The number of carbonyl (C=O) groups excluding carboxylic acids is 3. The van der Waals surface area contributed by atoms with E-state index in [1.807, 2.05) is 66.7 Å². The molecule has 4 rings (SSSR count). The van der Waals surface area contributed by atoms with E-state index in [1.54, 1.807) is 49.4 Å². The van der Waals surface area contributed by atoms with Gasteiger partial charge in [0.15, 0.2) is 0 Å². The third-order valence-electron chi connectivity index (χ3n) is 6.28. The summed E-state index contributed by atoms with van der Waals surface area (Å²) in [5.74, 6) is -1.19. The number of nitriles is 1. The highest BCUT2D eigenvalue weighted by Crippen LogP contribution is 2.30. The van der Waals surface area contributed by atoms with Gasteiger partial charge in [0, 0.05) is 23.5 Å². The molecule has 0 aliphatic heterocycles. The van der Waals surface area contributed by atoms with Crippen molar-refractivity contribution < 1.29 is 19.1 Å². The van der Waals surface area contributed by atoms with Crippen molar-refractivity contribution in [1.29, 1.82) is 5.26 Å². The van der Waals surface area contributed by atoms with Crippen molar-refractivity contribution in [3.63, 3.8) is 0 Å². The lowest BCUT2D eigenvalue weighted by Crippen LogP contribution is -2.28. The van der Waals surface area contributed by atoms with Crippen LogP contribution in [0.25, 0.3) is 0 Å². The average Bonchev–Trinajstić information content (AvgIpc) is 3.01. The molecule has 0 spiro atoms. The number of benzene rings is 4. The van der Waals surface area contributed by atoms with E-state index in [0.717, 1.165) is 11.1 Å². The number of amides is 2. The molecule has 0 saturated heterocycles. The Morgan fingerprint density at radius 3 is 2.05 bits per heavy atom. The van der Waals surface area contributed by atoms with Crippen LogP contribution in [0.1, 0.15) is 56.8 Å². The molecule has 3 N–H and O–H groups in total. The molecule has 41 heavy (non-hydrogen) atoms. The number of esters is 1. The Morgan fingerprint density at radius 1 is 0.829 bits per heavy atom. The second-order valence-corrected chi connectivity index (χ2v) is 9.11. The zero-order valence-corrected chi connectivity index (χ0v) is 22.6. The summed E-state index contributed by atoms with van der Waals surface area (Å²) in [5, 5.41) is 18.1. The molecule has 0 aromatic heterocycles. The van der Waals surface area contributed by atoms with Crippen LogP contribution in [0.3, 0.4) is 0 Å². The summed E-state index contributed by atoms with van der Waals surface area (Å²) in [5.41, 5.74) is 4.09. The van der Waals surface area contributed by atoms with Gasteiger partial charge >= 0.3 is 5.97 Å². The smallest absolute Gasteiger partial charge is 0.307 e. The molecule has 2 amide bonds. The van der Waals surface area contributed by atoms with Gasteiger partial charge in [-0.3, -0.25) is 14.4 Å². The molecule has 4 aromatic carbocycles. The number of nitrogens with one attached hydrogen (secondary N) is 3. The zero-order valence-electron chi connectivity index (χ0n) is 22.6. The molecule has 0 saturated carbocycles. The fourth-order valence-electron chi connectivity index (χ4n) is 4.25. The second kappa shape index (κ2) is 14.1.